The van der Waals surface area contributed by atoms with Gasteiger partial charge in [0.15, 0.2) is 0 Å². The van der Waals surface area contributed by atoms with Gasteiger partial charge in [-0.3, -0.25) is 0 Å². The van der Waals surface area contributed by atoms with E-state index in [0.717, 1.165) is 11.3 Å². The highest BCUT2D eigenvalue weighted by Gasteiger charge is 2.26. The molecular weight excluding hydrogens is 232 g/mol. The summed E-state index contributed by atoms with van der Waals surface area (Å²) < 4.78 is 6.08. The van der Waals surface area contributed by atoms with Gasteiger partial charge in [-0.2, -0.15) is 0 Å². The Hall–Kier alpha value is -2.54. The molecule has 0 amide bonds. The number of para-hydroxylation sites is 1. The number of fused-ring (bicyclic) bond motifs is 5. The zero-order valence-electron chi connectivity index (χ0n) is 10.2. The molecule has 0 N–H and O–H groups in total. The molecule has 5 rings (SSSR count). The molecule has 0 unspecified atom stereocenters. The maximum absolute atomic E-state index is 6.08. The lowest BCUT2D eigenvalue weighted by Crippen LogP contribution is -1.75. The first kappa shape index (κ1) is 9.40. The topological polar surface area (TPSA) is 13.1 Å². The summed E-state index contributed by atoms with van der Waals surface area (Å²) in [5.74, 6) is 1.02. The molecule has 0 aliphatic heterocycles. The van der Waals surface area contributed by atoms with E-state index in [2.05, 4.69) is 48.5 Å². The van der Waals surface area contributed by atoms with E-state index in [-0.39, 0.29) is 0 Å². The first-order chi connectivity index (χ1) is 9.43. The Morgan fingerprint density at radius 1 is 0.684 bits per heavy atom. The molecule has 0 saturated carbocycles. The van der Waals surface area contributed by atoms with Gasteiger partial charge in [-0.05, 0) is 17.0 Å². The zero-order chi connectivity index (χ0) is 12.4. The number of furan rings is 1. The Labute approximate surface area is 110 Å². The summed E-state index contributed by atoms with van der Waals surface area (Å²) in [4.78, 5) is 0. The smallest absolute Gasteiger partial charge is 0.143 e. The van der Waals surface area contributed by atoms with Crippen LogP contribution in [0.1, 0.15) is 0 Å². The molecule has 0 fully saturated rings. The molecule has 1 aromatic heterocycles. The van der Waals surface area contributed by atoms with Gasteiger partial charge in [0.05, 0.1) is 0 Å². The van der Waals surface area contributed by atoms with Crippen LogP contribution in [0.3, 0.4) is 0 Å². The first-order valence-corrected chi connectivity index (χ1v) is 6.47. The van der Waals surface area contributed by atoms with Crippen LogP contribution < -0.4 is 0 Å². The molecule has 0 saturated heterocycles. The second-order valence-corrected chi connectivity index (χ2v) is 5.01. The average Bonchev–Trinajstić information content (AvgIpc) is 2.98. The van der Waals surface area contributed by atoms with Crippen molar-refractivity contribution in [2.75, 3.05) is 0 Å². The van der Waals surface area contributed by atoms with Crippen LogP contribution in [-0.4, -0.2) is 0 Å². The molecule has 4 aromatic rings. The van der Waals surface area contributed by atoms with Crippen LogP contribution in [-0.2, 0) is 0 Å². The van der Waals surface area contributed by atoms with Crippen molar-refractivity contribution in [1.29, 1.82) is 0 Å². The Kier molecular flexibility index (Phi) is 1.52. The lowest BCUT2D eigenvalue weighted by Gasteiger charge is -2.01. The van der Waals surface area contributed by atoms with E-state index in [1.54, 1.807) is 0 Å². The van der Waals surface area contributed by atoms with Gasteiger partial charge in [-0.1, -0.05) is 54.6 Å². The molecule has 0 spiro atoms. The molecule has 3 aromatic carbocycles. The van der Waals surface area contributed by atoms with E-state index in [9.17, 15) is 0 Å². The normalized spacial score (nSPS) is 12.2. The van der Waals surface area contributed by atoms with E-state index in [4.69, 9.17) is 4.42 Å². The standard InChI is InChI=1S/C18H10O/c1-2-10-15-12(7-1)17-13-8-3-5-11-6-4-9-14(16(11)13)18(17)19-15/h1-10H. The summed E-state index contributed by atoms with van der Waals surface area (Å²) in [6.07, 6.45) is 0. The molecule has 0 radical (unpaired) electrons. The highest BCUT2D eigenvalue weighted by Crippen LogP contribution is 2.51. The second kappa shape index (κ2) is 3.07. The Morgan fingerprint density at radius 2 is 1.47 bits per heavy atom. The van der Waals surface area contributed by atoms with Gasteiger partial charge in [0.2, 0.25) is 0 Å². The SMILES string of the molecule is c1cc2c3c(cccc3c1)-c1c-2oc2ccccc12. The van der Waals surface area contributed by atoms with Crippen LogP contribution >= 0.6 is 0 Å². The van der Waals surface area contributed by atoms with Crippen molar-refractivity contribution in [3.63, 3.8) is 0 Å². The molecule has 1 aliphatic rings. The van der Waals surface area contributed by atoms with Crippen LogP contribution in [0.2, 0.25) is 0 Å². The van der Waals surface area contributed by atoms with Gasteiger partial charge in [-0.15, -0.1) is 0 Å². The second-order valence-electron chi connectivity index (χ2n) is 5.01. The van der Waals surface area contributed by atoms with Crippen molar-refractivity contribution in [3.05, 3.63) is 60.7 Å². The molecular formula is C18H10O. The quantitative estimate of drug-likeness (QED) is 0.362. The van der Waals surface area contributed by atoms with E-state index in [1.165, 1.54) is 32.8 Å². The van der Waals surface area contributed by atoms with Crippen molar-refractivity contribution in [1.82, 2.24) is 0 Å². The summed E-state index contributed by atoms with van der Waals surface area (Å²) >= 11 is 0. The minimum Gasteiger partial charge on any atom is -0.455 e. The first-order valence-electron chi connectivity index (χ1n) is 6.47. The fourth-order valence-corrected chi connectivity index (χ4v) is 3.24. The number of hydrogen-bond donors (Lipinski definition) is 0. The molecule has 0 bridgehead atoms. The van der Waals surface area contributed by atoms with Crippen LogP contribution in [0, 0.1) is 0 Å². The van der Waals surface area contributed by atoms with Gasteiger partial charge in [0.1, 0.15) is 11.3 Å². The fraction of sp³-hybridized carbons (Fsp3) is 0. The minimum atomic E-state index is 0.971. The van der Waals surface area contributed by atoms with Gasteiger partial charge < -0.3 is 4.42 Å². The van der Waals surface area contributed by atoms with Crippen molar-refractivity contribution >= 4 is 21.7 Å². The average molecular weight is 242 g/mol. The van der Waals surface area contributed by atoms with Crippen LogP contribution in [0.25, 0.3) is 44.2 Å². The summed E-state index contributed by atoms with van der Waals surface area (Å²) in [5.41, 5.74) is 4.74. The van der Waals surface area contributed by atoms with E-state index in [1.807, 2.05) is 12.1 Å². The molecule has 19 heavy (non-hydrogen) atoms. The Bertz CT molecular complexity index is 955. The monoisotopic (exact) mass is 242 g/mol. The van der Waals surface area contributed by atoms with Crippen LogP contribution in [0.5, 0.6) is 0 Å². The number of rotatable bonds is 0. The third-order valence-corrected chi connectivity index (χ3v) is 4.01. The predicted molar refractivity (Wildman–Crippen MR) is 78.2 cm³/mol. The molecule has 1 nitrogen and oxygen atoms in total. The van der Waals surface area contributed by atoms with Crippen molar-refractivity contribution in [2.24, 2.45) is 0 Å². The maximum Gasteiger partial charge on any atom is 0.143 e. The highest BCUT2D eigenvalue weighted by atomic mass is 16.3. The molecule has 0 atom stereocenters. The van der Waals surface area contributed by atoms with E-state index in [0.29, 0.717) is 0 Å². The minimum absolute atomic E-state index is 0.971. The molecule has 88 valence electrons. The predicted octanol–water partition coefficient (Wildman–Crippen LogP) is 5.23. The maximum atomic E-state index is 6.08. The molecule has 1 aliphatic carbocycles. The summed E-state index contributed by atoms with van der Waals surface area (Å²) in [6.45, 7) is 0. The highest BCUT2D eigenvalue weighted by molar-refractivity contribution is 6.19. The van der Waals surface area contributed by atoms with E-state index < -0.39 is 0 Å². The van der Waals surface area contributed by atoms with Crippen molar-refractivity contribution in [3.8, 4) is 22.5 Å². The van der Waals surface area contributed by atoms with Gasteiger partial charge in [0, 0.05) is 21.9 Å². The van der Waals surface area contributed by atoms with Crippen LogP contribution in [0.15, 0.2) is 65.1 Å². The van der Waals surface area contributed by atoms with E-state index >= 15 is 0 Å². The summed E-state index contributed by atoms with van der Waals surface area (Å²) in [6, 6.07) is 21.2. The lowest BCUT2D eigenvalue weighted by molar-refractivity contribution is 0.634. The Balaban J connectivity index is 2.08. The molecule has 1 heteroatoms. The largest absolute Gasteiger partial charge is 0.455 e. The van der Waals surface area contributed by atoms with Gasteiger partial charge in [-0.25, -0.2) is 0 Å². The van der Waals surface area contributed by atoms with Crippen molar-refractivity contribution < 1.29 is 4.42 Å². The third kappa shape index (κ3) is 1.02. The number of hydrogen-bond acceptors (Lipinski definition) is 1. The Morgan fingerprint density at radius 3 is 2.37 bits per heavy atom. The fourth-order valence-electron chi connectivity index (χ4n) is 3.24. The molecule has 1 heterocycles. The third-order valence-electron chi connectivity index (χ3n) is 4.01. The zero-order valence-corrected chi connectivity index (χ0v) is 10.2. The lowest BCUT2D eigenvalue weighted by atomic mass is 10.0. The summed E-state index contributed by atoms with van der Waals surface area (Å²) in [5, 5.41) is 3.82. The van der Waals surface area contributed by atoms with Crippen LogP contribution in [0.4, 0.5) is 0 Å². The van der Waals surface area contributed by atoms with Gasteiger partial charge in [0.25, 0.3) is 0 Å². The number of benzene rings is 3. The summed E-state index contributed by atoms with van der Waals surface area (Å²) in [7, 11) is 0. The van der Waals surface area contributed by atoms with Gasteiger partial charge >= 0.3 is 0 Å². The van der Waals surface area contributed by atoms with Crippen molar-refractivity contribution in [2.45, 2.75) is 0 Å².